The normalized spacial score (nSPS) is 23.2. The molecule has 0 saturated heterocycles. The largest absolute Gasteiger partial charge is 0.0859 e. The summed E-state index contributed by atoms with van der Waals surface area (Å²) >= 11 is 0. The zero-order valence-electron chi connectivity index (χ0n) is 10.8. The molecule has 0 aromatic carbocycles. The molecule has 0 fully saturated rings. The molecule has 0 amide bonds. The molecular weight excluding hydrogens is 180 g/mol. The van der Waals surface area contributed by atoms with E-state index in [1.807, 2.05) is 0 Å². The topological polar surface area (TPSA) is 0 Å². The van der Waals surface area contributed by atoms with Crippen LogP contribution < -0.4 is 0 Å². The highest BCUT2D eigenvalue weighted by atomic mass is 14.2. The van der Waals surface area contributed by atoms with Crippen molar-refractivity contribution in [2.75, 3.05) is 0 Å². The van der Waals surface area contributed by atoms with Gasteiger partial charge >= 0.3 is 0 Å². The summed E-state index contributed by atoms with van der Waals surface area (Å²) in [6, 6.07) is 0. The molecule has 0 aromatic rings. The molecular formula is C15H26. The van der Waals surface area contributed by atoms with Crippen molar-refractivity contribution in [2.24, 2.45) is 11.8 Å². The number of rotatable bonds is 4. The van der Waals surface area contributed by atoms with Crippen LogP contribution in [-0.2, 0) is 0 Å². The van der Waals surface area contributed by atoms with Crippen molar-refractivity contribution < 1.29 is 0 Å². The Morgan fingerprint density at radius 3 is 2.80 bits per heavy atom. The Balaban J connectivity index is 2.29. The first-order valence-corrected chi connectivity index (χ1v) is 6.38. The fraction of sp³-hybridized carbons (Fsp3) is 0.733. The predicted octanol–water partition coefficient (Wildman–Crippen LogP) is 5.12. The zero-order chi connectivity index (χ0) is 11.3. The van der Waals surface area contributed by atoms with E-state index in [1.54, 1.807) is 5.57 Å². The summed E-state index contributed by atoms with van der Waals surface area (Å²) in [5.41, 5.74) is 3.06. The van der Waals surface area contributed by atoms with Gasteiger partial charge in [0, 0.05) is 0 Å². The molecule has 0 nitrogen and oxygen atoms in total. The molecule has 0 heterocycles. The first kappa shape index (κ1) is 12.5. The maximum atomic E-state index is 2.45. The van der Waals surface area contributed by atoms with Gasteiger partial charge in [0.15, 0.2) is 0 Å². The standard InChI is InChI=1S/C15H26/c1-12(2)6-5-7-14(4)15-10-8-13(3)9-11-15/h6,8,14-15H,5,7,9-11H2,1-4H3/t14-,15-/m1/s1. The summed E-state index contributed by atoms with van der Waals surface area (Å²) in [6.45, 7) is 9.08. The van der Waals surface area contributed by atoms with Gasteiger partial charge in [0.2, 0.25) is 0 Å². The summed E-state index contributed by atoms with van der Waals surface area (Å²) in [4.78, 5) is 0. The quantitative estimate of drug-likeness (QED) is 0.560. The summed E-state index contributed by atoms with van der Waals surface area (Å²) in [5, 5.41) is 0. The lowest BCUT2D eigenvalue weighted by atomic mass is 9.80. The van der Waals surface area contributed by atoms with Crippen LogP contribution in [0.5, 0.6) is 0 Å². The minimum Gasteiger partial charge on any atom is -0.0859 e. The second-order valence-corrected chi connectivity index (χ2v) is 5.42. The maximum absolute atomic E-state index is 2.45. The lowest BCUT2D eigenvalue weighted by molar-refractivity contribution is 0.312. The minimum absolute atomic E-state index is 0.893. The second-order valence-electron chi connectivity index (χ2n) is 5.42. The number of allylic oxidation sites excluding steroid dienone is 4. The van der Waals surface area contributed by atoms with Crippen LogP contribution in [0.15, 0.2) is 23.3 Å². The van der Waals surface area contributed by atoms with Gasteiger partial charge < -0.3 is 0 Å². The fourth-order valence-electron chi connectivity index (χ4n) is 2.37. The van der Waals surface area contributed by atoms with Crippen molar-refractivity contribution in [3.05, 3.63) is 23.3 Å². The molecule has 0 bridgehead atoms. The van der Waals surface area contributed by atoms with Gasteiger partial charge in [-0.2, -0.15) is 0 Å². The maximum Gasteiger partial charge on any atom is -0.0317 e. The van der Waals surface area contributed by atoms with Gasteiger partial charge in [0.25, 0.3) is 0 Å². The highest BCUT2D eigenvalue weighted by Crippen LogP contribution is 2.31. The minimum atomic E-state index is 0.893. The Morgan fingerprint density at radius 1 is 1.53 bits per heavy atom. The Hall–Kier alpha value is -0.520. The molecule has 0 aliphatic heterocycles. The SMILES string of the molecule is CC(C)=CCC[C@@H](C)[C@@H]1CC=C(C)CC1. The summed E-state index contributed by atoms with van der Waals surface area (Å²) < 4.78 is 0. The van der Waals surface area contributed by atoms with E-state index >= 15 is 0 Å². The van der Waals surface area contributed by atoms with E-state index in [0.29, 0.717) is 0 Å². The van der Waals surface area contributed by atoms with Crippen molar-refractivity contribution in [3.8, 4) is 0 Å². The third-order valence-electron chi connectivity index (χ3n) is 3.66. The molecule has 0 N–H and O–H groups in total. The summed E-state index contributed by atoms with van der Waals surface area (Å²) in [5.74, 6) is 1.84. The van der Waals surface area contributed by atoms with Gasteiger partial charge in [-0.1, -0.05) is 30.2 Å². The molecule has 0 heteroatoms. The van der Waals surface area contributed by atoms with Crippen LogP contribution in [0.4, 0.5) is 0 Å². The van der Waals surface area contributed by atoms with E-state index in [1.165, 1.54) is 37.7 Å². The Labute approximate surface area is 95.5 Å². The van der Waals surface area contributed by atoms with E-state index < -0.39 is 0 Å². The van der Waals surface area contributed by atoms with E-state index in [4.69, 9.17) is 0 Å². The Bertz CT molecular complexity index is 241. The Morgan fingerprint density at radius 2 is 2.27 bits per heavy atom. The van der Waals surface area contributed by atoms with Crippen molar-refractivity contribution in [1.82, 2.24) is 0 Å². The van der Waals surface area contributed by atoms with Crippen molar-refractivity contribution >= 4 is 0 Å². The monoisotopic (exact) mass is 206 g/mol. The van der Waals surface area contributed by atoms with Crippen LogP contribution in [0.25, 0.3) is 0 Å². The van der Waals surface area contributed by atoms with Gasteiger partial charge in [0.05, 0.1) is 0 Å². The third kappa shape index (κ3) is 4.68. The smallest absolute Gasteiger partial charge is 0.0317 e. The molecule has 0 unspecified atom stereocenters. The summed E-state index contributed by atoms with van der Waals surface area (Å²) in [7, 11) is 0. The molecule has 2 atom stereocenters. The molecule has 1 rings (SSSR count). The lowest BCUT2D eigenvalue weighted by Crippen LogP contribution is -2.14. The molecule has 0 radical (unpaired) electrons. The fourth-order valence-corrected chi connectivity index (χ4v) is 2.37. The molecule has 1 aliphatic rings. The average Bonchev–Trinajstić information content (AvgIpc) is 2.18. The molecule has 0 spiro atoms. The molecule has 86 valence electrons. The van der Waals surface area contributed by atoms with Crippen LogP contribution in [0.1, 0.15) is 59.8 Å². The first-order chi connectivity index (χ1) is 7.09. The molecule has 0 saturated carbocycles. The average molecular weight is 206 g/mol. The van der Waals surface area contributed by atoms with Crippen LogP contribution in [0.2, 0.25) is 0 Å². The number of hydrogen-bond acceptors (Lipinski definition) is 0. The van der Waals surface area contributed by atoms with Crippen molar-refractivity contribution in [3.63, 3.8) is 0 Å². The summed E-state index contributed by atoms with van der Waals surface area (Å²) in [6.07, 6.45) is 11.5. The number of hydrogen-bond donors (Lipinski definition) is 0. The van der Waals surface area contributed by atoms with Crippen LogP contribution in [0.3, 0.4) is 0 Å². The van der Waals surface area contributed by atoms with Crippen molar-refractivity contribution in [2.45, 2.75) is 59.8 Å². The lowest BCUT2D eigenvalue weighted by Gasteiger charge is -2.26. The van der Waals surface area contributed by atoms with Gasteiger partial charge in [-0.25, -0.2) is 0 Å². The molecule has 15 heavy (non-hydrogen) atoms. The zero-order valence-corrected chi connectivity index (χ0v) is 10.8. The van der Waals surface area contributed by atoms with Gasteiger partial charge in [0.1, 0.15) is 0 Å². The Kier molecular flexibility index (Phi) is 5.14. The van der Waals surface area contributed by atoms with Crippen molar-refractivity contribution in [1.29, 1.82) is 0 Å². The van der Waals surface area contributed by atoms with E-state index in [0.717, 1.165) is 11.8 Å². The van der Waals surface area contributed by atoms with Crippen LogP contribution in [-0.4, -0.2) is 0 Å². The molecule has 1 aliphatic carbocycles. The van der Waals surface area contributed by atoms with Gasteiger partial charge in [-0.3, -0.25) is 0 Å². The van der Waals surface area contributed by atoms with E-state index in [9.17, 15) is 0 Å². The highest BCUT2D eigenvalue weighted by molar-refractivity contribution is 5.03. The third-order valence-corrected chi connectivity index (χ3v) is 3.66. The second kappa shape index (κ2) is 6.15. The van der Waals surface area contributed by atoms with Crippen LogP contribution in [0, 0.1) is 11.8 Å². The molecule has 0 aromatic heterocycles. The predicted molar refractivity (Wildman–Crippen MR) is 68.9 cm³/mol. The van der Waals surface area contributed by atoms with E-state index in [2.05, 4.69) is 39.8 Å². The highest BCUT2D eigenvalue weighted by Gasteiger charge is 2.18. The van der Waals surface area contributed by atoms with Gasteiger partial charge in [-0.15, -0.1) is 0 Å². The van der Waals surface area contributed by atoms with E-state index in [-0.39, 0.29) is 0 Å². The van der Waals surface area contributed by atoms with Gasteiger partial charge in [-0.05, 0) is 64.7 Å². The first-order valence-electron chi connectivity index (χ1n) is 6.38. The van der Waals surface area contributed by atoms with Crippen LogP contribution >= 0.6 is 0 Å².